The molecule has 202 valence electrons. The molecule has 1 aliphatic carbocycles. The number of para-hydroxylation sites is 1. The Morgan fingerprint density at radius 3 is 2.24 bits per heavy atom. The van der Waals surface area contributed by atoms with Gasteiger partial charge < -0.3 is 10.2 Å². The molecule has 1 aliphatic rings. The van der Waals surface area contributed by atoms with E-state index in [1.54, 1.807) is 6.92 Å². The second-order valence-electron chi connectivity index (χ2n) is 9.59. The molecule has 1 atom stereocenters. The van der Waals surface area contributed by atoms with Crippen LogP contribution in [0, 0.1) is 5.82 Å². The number of anilines is 1. The smallest absolute Gasteiger partial charge is 0.304 e. The average Bonchev–Trinajstić information content (AvgIpc) is 2.88. The van der Waals surface area contributed by atoms with Crippen LogP contribution < -0.4 is 9.62 Å². The number of nitrogens with zero attached hydrogens (tertiary/aromatic N) is 3. The molecule has 8 nitrogen and oxygen atoms in total. The lowest BCUT2D eigenvalue weighted by molar-refractivity contribution is -0.139. The van der Waals surface area contributed by atoms with Crippen molar-refractivity contribution in [2.24, 2.45) is 0 Å². The van der Waals surface area contributed by atoms with Crippen molar-refractivity contribution in [3.8, 4) is 0 Å². The number of rotatable bonds is 11. The first kappa shape index (κ1) is 28.6. The molecule has 1 unspecified atom stereocenters. The Balaban J connectivity index is 1.87. The van der Waals surface area contributed by atoms with Crippen LogP contribution in [0.25, 0.3) is 0 Å². The number of halogens is 1. The Kier molecular flexibility index (Phi) is 10.0. The van der Waals surface area contributed by atoms with Crippen LogP contribution in [0.4, 0.5) is 10.1 Å². The van der Waals surface area contributed by atoms with Crippen molar-refractivity contribution in [2.45, 2.75) is 57.5 Å². The van der Waals surface area contributed by atoms with Crippen LogP contribution in [0.2, 0.25) is 0 Å². The van der Waals surface area contributed by atoms with E-state index in [4.69, 9.17) is 0 Å². The van der Waals surface area contributed by atoms with Crippen LogP contribution in [0.3, 0.4) is 0 Å². The molecule has 0 aliphatic heterocycles. The predicted octanol–water partition coefficient (Wildman–Crippen LogP) is 3.35. The summed E-state index contributed by atoms with van der Waals surface area (Å²) in [6.07, 6.45) is 5.53. The highest BCUT2D eigenvalue weighted by Gasteiger charge is 2.34. The lowest BCUT2D eigenvalue weighted by Gasteiger charge is -2.34. The van der Waals surface area contributed by atoms with E-state index >= 15 is 0 Å². The Bertz CT molecular complexity index is 1150. The maximum Gasteiger partial charge on any atom is 0.304 e. The monoisotopic (exact) mass is 532 g/mol. The predicted molar refractivity (Wildman–Crippen MR) is 143 cm³/mol. The summed E-state index contributed by atoms with van der Waals surface area (Å²) in [5, 5.41) is 3.06. The lowest BCUT2D eigenvalue weighted by Crippen LogP contribution is -2.54. The minimum Gasteiger partial charge on any atom is -0.352 e. The summed E-state index contributed by atoms with van der Waals surface area (Å²) in [6, 6.07) is 14.2. The zero-order valence-electron chi connectivity index (χ0n) is 21.8. The quantitative estimate of drug-likeness (QED) is 0.481. The molecule has 10 heteroatoms. The maximum atomic E-state index is 14.7. The van der Waals surface area contributed by atoms with Gasteiger partial charge in [-0.2, -0.15) is 12.7 Å². The van der Waals surface area contributed by atoms with Gasteiger partial charge in [0.05, 0.1) is 5.69 Å². The van der Waals surface area contributed by atoms with E-state index in [1.165, 1.54) is 37.2 Å². The second kappa shape index (κ2) is 13.0. The third-order valence-electron chi connectivity index (χ3n) is 6.74. The molecule has 0 bridgehead atoms. The van der Waals surface area contributed by atoms with Gasteiger partial charge in [-0.3, -0.25) is 9.59 Å². The van der Waals surface area contributed by atoms with Crippen molar-refractivity contribution in [3.63, 3.8) is 0 Å². The fraction of sp³-hybridized carbons (Fsp3) is 0.481. The average molecular weight is 533 g/mol. The molecule has 2 aromatic rings. The summed E-state index contributed by atoms with van der Waals surface area (Å²) in [5.74, 6) is -1.63. The third kappa shape index (κ3) is 7.52. The van der Waals surface area contributed by atoms with Crippen molar-refractivity contribution in [1.29, 1.82) is 0 Å². The molecule has 0 heterocycles. The molecule has 3 rings (SSSR count). The zero-order valence-corrected chi connectivity index (χ0v) is 22.6. The fourth-order valence-corrected chi connectivity index (χ4v) is 5.56. The van der Waals surface area contributed by atoms with E-state index in [-0.39, 0.29) is 24.2 Å². The molecule has 0 saturated heterocycles. The van der Waals surface area contributed by atoms with Crippen molar-refractivity contribution >= 4 is 27.7 Å². The van der Waals surface area contributed by atoms with Gasteiger partial charge in [-0.1, -0.05) is 61.7 Å². The largest absolute Gasteiger partial charge is 0.352 e. The molecular weight excluding hydrogens is 495 g/mol. The number of carbonyl (C=O) groups is 2. The van der Waals surface area contributed by atoms with Gasteiger partial charge in [0.2, 0.25) is 11.8 Å². The first-order chi connectivity index (χ1) is 17.6. The Labute approximate surface area is 219 Å². The summed E-state index contributed by atoms with van der Waals surface area (Å²) < 4.78 is 42.6. The number of hydrogen-bond acceptors (Lipinski definition) is 4. The van der Waals surface area contributed by atoms with Crippen molar-refractivity contribution in [1.82, 2.24) is 14.5 Å². The summed E-state index contributed by atoms with van der Waals surface area (Å²) in [4.78, 5) is 28.2. The SMILES string of the molecule is CC(C(=O)NC1CCCCC1)N(CCc1ccccc1)C(=O)CN(c1ccccc1F)S(=O)(=O)N(C)C. The van der Waals surface area contributed by atoms with Crippen LogP contribution >= 0.6 is 0 Å². The number of benzene rings is 2. The standard InChI is InChI=1S/C27H37FN4O4S/c1-21(27(34)29-23-14-8-5-9-15-23)31(19-18-22-12-6-4-7-13-22)26(33)20-32(37(35,36)30(2)3)25-17-11-10-16-24(25)28/h4,6-7,10-13,16-17,21,23H,5,8-9,14-15,18-20H2,1-3H3,(H,29,34). The van der Waals surface area contributed by atoms with E-state index in [1.807, 2.05) is 30.3 Å². The van der Waals surface area contributed by atoms with Crippen LogP contribution in [0.1, 0.15) is 44.6 Å². The second-order valence-corrected chi connectivity index (χ2v) is 11.7. The Morgan fingerprint density at radius 1 is 1.00 bits per heavy atom. The topological polar surface area (TPSA) is 90.0 Å². The van der Waals surface area contributed by atoms with Crippen LogP contribution in [0.5, 0.6) is 0 Å². The van der Waals surface area contributed by atoms with Gasteiger partial charge in [0.1, 0.15) is 18.4 Å². The first-order valence-electron chi connectivity index (χ1n) is 12.7. The number of hydrogen-bond donors (Lipinski definition) is 1. The minimum atomic E-state index is -4.20. The summed E-state index contributed by atoms with van der Waals surface area (Å²) in [7, 11) is -1.56. The maximum absolute atomic E-state index is 14.7. The molecule has 1 saturated carbocycles. The third-order valence-corrected chi connectivity index (χ3v) is 8.55. The van der Waals surface area contributed by atoms with Gasteiger partial charge in [0.15, 0.2) is 0 Å². The van der Waals surface area contributed by atoms with Gasteiger partial charge in [0, 0.05) is 26.7 Å². The molecule has 0 spiro atoms. The normalized spacial score (nSPS) is 15.3. The summed E-state index contributed by atoms with van der Waals surface area (Å²) in [6.45, 7) is 1.21. The van der Waals surface area contributed by atoms with Crippen LogP contribution in [0.15, 0.2) is 54.6 Å². The van der Waals surface area contributed by atoms with Crippen LogP contribution in [-0.2, 0) is 26.2 Å². The van der Waals surface area contributed by atoms with E-state index in [9.17, 15) is 22.4 Å². The Morgan fingerprint density at radius 2 is 1.62 bits per heavy atom. The van der Waals surface area contributed by atoms with E-state index < -0.39 is 34.5 Å². The molecular formula is C27H37FN4O4S. The molecule has 37 heavy (non-hydrogen) atoms. The van der Waals surface area contributed by atoms with Gasteiger partial charge in [0.25, 0.3) is 0 Å². The van der Waals surface area contributed by atoms with E-state index in [0.29, 0.717) is 6.42 Å². The van der Waals surface area contributed by atoms with Gasteiger partial charge in [-0.05, 0) is 43.9 Å². The van der Waals surface area contributed by atoms with Crippen molar-refractivity contribution < 1.29 is 22.4 Å². The molecule has 1 N–H and O–H groups in total. The molecule has 0 aromatic heterocycles. The summed E-state index contributed by atoms with van der Waals surface area (Å²) in [5.41, 5.74) is 0.749. The lowest BCUT2D eigenvalue weighted by atomic mass is 9.95. The minimum absolute atomic E-state index is 0.0683. The number of nitrogens with one attached hydrogen (secondary N) is 1. The molecule has 1 fully saturated rings. The van der Waals surface area contributed by atoms with Gasteiger partial charge in [-0.15, -0.1) is 0 Å². The highest BCUT2D eigenvalue weighted by molar-refractivity contribution is 7.90. The number of amides is 2. The summed E-state index contributed by atoms with van der Waals surface area (Å²) >= 11 is 0. The van der Waals surface area contributed by atoms with Crippen LogP contribution in [-0.4, -0.2) is 68.7 Å². The van der Waals surface area contributed by atoms with Crippen molar-refractivity contribution in [2.75, 3.05) is 31.5 Å². The number of carbonyl (C=O) groups excluding carboxylic acids is 2. The molecule has 2 amide bonds. The molecule has 0 radical (unpaired) electrons. The van der Waals surface area contributed by atoms with Crippen molar-refractivity contribution in [3.05, 3.63) is 66.0 Å². The highest BCUT2D eigenvalue weighted by Crippen LogP contribution is 2.24. The molecule has 2 aromatic carbocycles. The zero-order chi connectivity index (χ0) is 27.0. The van der Waals surface area contributed by atoms with E-state index in [0.717, 1.165) is 52.3 Å². The van der Waals surface area contributed by atoms with Gasteiger partial charge in [-0.25, -0.2) is 8.70 Å². The van der Waals surface area contributed by atoms with E-state index in [2.05, 4.69) is 5.32 Å². The fourth-order valence-electron chi connectivity index (χ4n) is 4.49. The first-order valence-corrected chi connectivity index (χ1v) is 14.1. The Hall–Kier alpha value is -2.98. The van der Waals surface area contributed by atoms with Gasteiger partial charge >= 0.3 is 10.2 Å². The highest BCUT2D eigenvalue weighted by atomic mass is 32.2.